The maximum absolute atomic E-state index is 11.0. The van der Waals surface area contributed by atoms with E-state index in [0.29, 0.717) is 11.6 Å². The zero-order chi connectivity index (χ0) is 12.6. The number of carbonyl (C=O) groups is 1. The number of pyridine rings is 1. The summed E-state index contributed by atoms with van der Waals surface area (Å²) in [5, 5.41) is 9.50. The van der Waals surface area contributed by atoms with Crippen LogP contribution in [0.15, 0.2) is 18.2 Å². The lowest BCUT2D eigenvalue weighted by Gasteiger charge is -2.17. The quantitative estimate of drug-likeness (QED) is 0.826. The highest BCUT2D eigenvalue weighted by Gasteiger charge is 2.28. The molecule has 0 aliphatic heterocycles. The van der Waals surface area contributed by atoms with Gasteiger partial charge in [0.1, 0.15) is 5.15 Å². The fourth-order valence-electron chi connectivity index (χ4n) is 1.69. The molecule has 0 fully saturated rings. The van der Waals surface area contributed by atoms with Crippen LogP contribution in [0.3, 0.4) is 0 Å². The van der Waals surface area contributed by atoms with Gasteiger partial charge in [-0.1, -0.05) is 11.6 Å². The number of fused-ring (bicyclic) bond motifs is 1. The number of nitrogens with one attached hydrogen (secondary N) is 1. The van der Waals surface area contributed by atoms with Gasteiger partial charge in [-0.2, -0.15) is 0 Å². The van der Waals surface area contributed by atoms with E-state index in [1.54, 1.807) is 19.9 Å². The monoisotopic (exact) mass is 252 g/mol. The maximum Gasteiger partial charge on any atom is 0.309 e. The molecule has 0 saturated carbocycles. The van der Waals surface area contributed by atoms with Crippen LogP contribution in [-0.4, -0.2) is 21.0 Å². The van der Waals surface area contributed by atoms with Crippen LogP contribution in [0.4, 0.5) is 0 Å². The van der Waals surface area contributed by atoms with Crippen LogP contribution < -0.4 is 0 Å². The molecule has 0 amide bonds. The molecule has 5 heteroatoms. The molecule has 0 saturated heterocycles. The number of aromatic nitrogens is 2. The largest absolute Gasteiger partial charge is 0.481 e. The van der Waals surface area contributed by atoms with Crippen molar-refractivity contribution in [1.29, 1.82) is 0 Å². The minimum atomic E-state index is -0.817. The first kappa shape index (κ1) is 11.9. The molecule has 2 rings (SSSR count). The average Bonchev–Trinajstić information content (AvgIpc) is 2.57. The second-order valence-corrected chi connectivity index (χ2v) is 5.11. The van der Waals surface area contributed by atoms with Gasteiger partial charge in [-0.25, -0.2) is 4.98 Å². The first-order valence-corrected chi connectivity index (χ1v) is 5.64. The normalized spacial score (nSPS) is 11.9. The molecule has 2 N–H and O–H groups in total. The van der Waals surface area contributed by atoms with E-state index in [0.717, 1.165) is 16.7 Å². The summed E-state index contributed by atoms with van der Waals surface area (Å²) in [6.45, 7) is 3.39. The average molecular weight is 253 g/mol. The Morgan fingerprint density at radius 1 is 1.53 bits per heavy atom. The zero-order valence-corrected chi connectivity index (χ0v) is 10.4. The molecule has 0 aliphatic carbocycles. The summed E-state index contributed by atoms with van der Waals surface area (Å²) in [6, 6.07) is 5.38. The van der Waals surface area contributed by atoms with E-state index in [1.165, 1.54) is 0 Å². The summed E-state index contributed by atoms with van der Waals surface area (Å²) in [7, 11) is 0. The van der Waals surface area contributed by atoms with E-state index >= 15 is 0 Å². The summed E-state index contributed by atoms with van der Waals surface area (Å²) in [5.41, 5.74) is 1.67. The van der Waals surface area contributed by atoms with E-state index in [4.69, 9.17) is 16.7 Å². The molecule has 2 heterocycles. The molecule has 90 valence electrons. The number of H-pyrrole nitrogens is 1. The molecule has 0 aromatic carbocycles. The second-order valence-electron chi connectivity index (χ2n) is 4.73. The van der Waals surface area contributed by atoms with Crippen LogP contribution in [0.5, 0.6) is 0 Å². The van der Waals surface area contributed by atoms with Crippen molar-refractivity contribution in [1.82, 2.24) is 9.97 Å². The maximum atomic E-state index is 11.0. The second kappa shape index (κ2) is 4.04. The van der Waals surface area contributed by atoms with E-state index in [-0.39, 0.29) is 0 Å². The zero-order valence-electron chi connectivity index (χ0n) is 9.62. The third-order valence-electron chi connectivity index (χ3n) is 2.71. The van der Waals surface area contributed by atoms with Crippen molar-refractivity contribution in [2.75, 3.05) is 0 Å². The van der Waals surface area contributed by atoms with Crippen molar-refractivity contribution in [2.45, 2.75) is 20.3 Å². The Kier molecular flexibility index (Phi) is 2.83. The highest BCUT2D eigenvalue weighted by molar-refractivity contribution is 6.29. The van der Waals surface area contributed by atoms with Crippen molar-refractivity contribution in [3.8, 4) is 0 Å². The fourth-order valence-corrected chi connectivity index (χ4v) is 1.84. The third kappa shape index (κ3) is 2.42. The van der Waals surface area contributed by atoms with Gasteiger partial charge < -0.3 is 10.1 Å². The molecule has 17 heavy (non-hydrogen) atoms. The Balaban J connectivity index is 2.34. The van der Waals surface area contributed by atoms with Crippen LogP contribution in [-0.2, 0) is 11.2 Å². The fraction of sp³-hybridized carbons (Fsp3) is 0.333. The lowest BCUT2D eigenvalue weighted by Crippen LogP contribution is -2.26. The number of aromatic amines is 1. The SMILES string of the molecule is CC(C)(Cc1cc2nc(Cl)ccc2[nH]1)C(=O)O. The van der Waals surface area contributed by atoms with Crippen molar-refractivity contribution < 1.29 is 9.90 Å². The molecule has 2 aromatic heterocycles. The van der Waals surface area contributed by atoms with Crippen molar-refractivity contribution in [3.05, 3.63) is 29.0 Å². The number of hydrogen-bond acceptors (Lipinski definition) is 2. The van der Waals surface area contributed by atoms with Crippen LogP contribution >= 0.6 is 11.6 Å². The Bertz CT molecular complexity index is 575. The molecule has 0 atom stereocenters. The Labute approximate surface area is 104 Å². The number of carboxylic acids is 1. The molecule has 0 unspecified atom stereocenters. The Morgan fingerprint density at radius 2 is 2.24 bits per heavy atom. The first-order valence-electron chi connectivity index (χ1n) is 5.26. The van der Waals surface area contributed by atoms with Gasteiger partial charge in [0, 0.05) is 12.1 Å². The summed E-state index contributed by atoms with van der Waals surface area (Å²) >= 11 is 5.79. The minimum Gasteiger partial charge on any atom is -0.481 e. The van der Waals surface area contributed by atoms with Gasteiger partial charge in [0.15, 0.2) is 0 Å². The molecule has 4 nitrogen and oxygen atoms in total. The Morgan fingerprint density at radius 3 is 2.88 bits per heavy atom. The van der Waals surface area contributed by atoms with Gasteiger partial charge >= 0.3 is 5.97 Å². The van der Waals surface area contributed by atoms with Crippen molar-refractivity contribution >= 4 is 28.6 Å². The molecule has 0 bridgehead atoms. The van der Waals surface area contributed by atoms with E-state index in [2.05, 4.69) is 9.97 Å². The minimum absolute atomic E-state index is 0.427. The molecular formula is C12H13ClN2O2. The van der Waals surface area contributed by atoms with Crippen LogP contribution in [0.1, 0.15) is 19.5 Å². The molecule has 0 aliphatic rings. The number of carboxylic acid groups (broad SMARTS) is 1. The summed E-state index contributed by atoms with van der Waals surface area (Å²) in [6.07, 6.45) is 0.427. The smallest absolute Gasteiger partial charge is 0.309 e. The van der Waals surface area contributed by atoms with E-state index < -0.39 is 11.4 Å². The van der Waals surface area contributed by atoms with E-state index in [9.17, 15) is 4.79 Å². The van der Waals surface area contributed by atoms with Gasteiger partial charge in [0.05, 0.1) is 16.4 Å². The molecular weight excluding hydrogens is 240 g/mol. The predicted octanol–water partition coefficient (Wildman–Crippen LogP) is 2.87. The summed E-state index contributed by atoms with van der Waals surface area (Å²) < 4.78 is 0. The standard InChI is InChI=1S/C12H13ClN2O2/c1-12(2,11(16)17)6-7-5-9-8(14-7)3-4-10(13)15-9/h3-5,14H,6H2,1-2H3,(H,16,17). The Hall–Kier alpha value is -1.55. The van der Waals surface area contributed by atoms with Gasteiger partial charge in [-0.15, -0.1) is 0 Å². The number of hydrogen-bond donors (Lipinski definition) is 2. The lowest BCUT2D eigenvalue weighted by atomic mass is 9.88. The van der Waals surface area contributed by atoms with Gasteiger partial charge in [-0.05, 0) is 32.0 Å². The van der Waals surface area contributed by atoms with Crippen molar-refractivity contribution in [2.24, 2.45) is 5.41 Å². The number of halogens is 1. The molecule has 2 aromatic rings. The van der Waals surface area contributed by atoms with Gasteiger partial charge in [0.2, 0.25) is 0 Å². The van der Waals surface area contributed by atoms with Crippen LogP contribution in [0, 0.1) is 5.41 Å². The molecule has 0 radical (unpaired) electrons. The van der Waals surface area contributed by atoms with Crippen molar-refractivity contribution in [3.63, 3.8) is 0 Å². The number of aliphatic carboxylic acids is 1. The predicted molar refractivity (Wildman–Crippen MR) is 66.2 cm³/mol. The highest BCUT2D eigenvalue weighted by Crippen LogP contribution is 2.24. The lowest BCUT2D eigenvalue weighted by molar-refractivity contribution is -0.146. The van der Waals surface area contributed by atoms with Gasteiger partial charge in [-0.3, -0.25) is 4.79 Å². The first-order chi connectivity index (χ1) is 7.88. The highest BCUT2D eigenvalue weighted by atomic mass is 35.5. The summed E-state index contributed by atoms with van der Waals surface area (Å²) in [5.74, 6) is -0.817. The van der Waals surface area contributed by atoms with Crippen LogP contribution in [0.2, 0.25) is 5.15 Å². The number of nitrogens with zero attached hydrogens (tertiary/aromatic N) is 1. The van der Waals surface area contributed by atoms with Crippen LogP contribution in [0.25, 0.3) is 11.0 Å². The number of rotatable bonds is 3. The van der Waals surface area contributed by atoms with E-state index in [1.807, 2.05) is 12.1 Å². The summed E-state index contributed by atoms with van der Waals surface area (Å²) in [4.78, 5) is 18.4. The molecule has 0 spiro atoms. The topological polar surface area (TPSA) is 66.0 Å². The van der Waals surface area contributed by atoms with Gasteiger partial charge in [0.25, 0.3) is 0 Å². The third-order valence-corrected chi connectivity index (χ3v) is 2.92.